The third-order valence-corrected chi connectivity index (χ3v) is 5.69. The molecule has 0 bridgehead atoms. The smallest absolute Gasteiger partial charge is 0.254 e. The average Bonchev–Trinajstić information content (AvgIpc) is 3.36. The summed E-state index contributed by atoms with van der Waals surface area (Å²) in [5.74, 6) is 0.320. The molecule has 1 saturated carbocycles. The molecule has 4 rings (SSSR count). The number of halogens is 1. The number of nitrogens with one attached hydrogen (secondary N) is 1. The van der Waals surface area contributed by atoms with E-state index in [1.165, 1.54) is 32.1 Å². The van der Waals surface area contributed by atoms with Crippen LogP contribution in [-0.2, 0) is 9.53 Å². The average molecular weight is 376 g/mol. The number of rotatable bonds is 6. The first-order valence-electron chi connectivity index (χ1n) is 9.51. The molecule has 0 radical (unpaired) electrons. The summed E-state index contributed by atoms with van der Waals surface area (Å²) in [6, 6.07) is 4.23. The number of hydrogen-bond acceptors (Lipinski definition) is 4. The number of likely N-dealkylation sites (tertiary alicyclic amines) is 1. The molecule has 7 heteroatoms. The number of hydrogen-bond donors (Lipinski definition) is 1. The summed E-state index contributed by atoms with van der Waals surface area (Å²) in [6.45, 7) is 2.31. The largest absolute Gasteiger partial charge is 0.494 e. The molecule has 1 spiro atoms. The maximum atomic E-state index is 13.8. The SMILES string of the molecule is COc1ccc(C(=O)N2CC3(CC(CC(=O)NCC4CC4)CO3)C2)cc1F. The first kappa shape index (κ1) is 18.2. The van der Waals surface area contributed by atoms with Crippen LogP contribution < -0.4 is 10.1 Å². The van der Waals surface area contributed by atoms with Crippen molar-refractivity contribution >= 4 is 11.8 Å². The second-order valence-corrected chi connectivity index (χ2v) is 8.03. The van der Waals surface area contributed by atoms with Gasteiger partial charge in [-0.1, -0.05) is 0 Å². The predicted octanol–water partition coefficient (Wildman–Crippen LogP) is 1.98. The number of benzene rings is 1. The Morgan fingerprint density at radius 2 is 2.11 bits per heavy atom. The number of methoxy groups -OCH3 is 1. The Kier molecular flexibility index (Phi) is 4.80. The van der Waals surface area contributed by atoms with Gasteiger partial charge in [-0.25, -0.2) is 4.39 Å². The van der Waals surface area contributed by atoms with Crippen molar-refractivity contribution < 1.29 is 23.5 Å². The molecular weight excluding hydrogens is 351 g/mol. The maximum absolute atomic E-state index is 13.8. The lowest BCUT2D eigenvalue weighted by Gasteiger charge is -2.47. The minimum atomic E-state index is -0.548. The minimum Gasteiger partial charge on any atom is -0.494 e. The number of amides is 2. The lowest BCUT2D eigenvalue weighted by atomic mass is 9.85. The van der Waals surface area contributed by atoms with Crippen molar-refractivity contribution in [3.8, 4) is 5.75 Å². The van der Waals surface area contributed by atoms with Crippen molar-refractivity contribution in [2.75, 3.05) is 33.4 Å². The third kappa shape index (κ3) is 3.93. The first-order valence-corrected chi connectivity index (χ1v) is 9.51. The van der Waals surface area contributed by atoms with Crippen LogP contribution >= 0.6 is 0 Å². The summed E-state index contributed by atoms with van der Waals surface area (Å²) in [5, 5.41) is 2.99. The van der Waals surface area contributed by atoms with Crippen LogP contribution in [-0.4, -0.2) is 55.7 Å². The Hall–Kier alpha value is -2.15. The van der Waals surface area contributed by atoms with Crippen LogP contribution in [0.4, 0.5) is 4.39 Å². The van der Waals surface area contributed by atoms with Crippen LogP contribution in [0.15, 0.2) is 18.2 Å². The number of ether oxygens (including phenoxy) is 2. The van der Waals surface area contributed by atoms with Gasteiger partial charge in [-0.15, -0.1) is 0 Å². The Balaban J connectivity index is 1.26. The van der Waals surface area contributed by atoms with E-state index in [1.54, 1.807) is 11.0 Å². The molecule has 3 aliphatic rings. The molecule has 2 amide bonds. The zero-order chi connectivity index (χ0) is 19.0. The van der Waals surface area contributed by atoms with E-state index in [2.05, 4.69) is 5.32 Å². The highest BCUT2D eigenvalue weighted by Crippen LogP contribution is 2.39. The lowest BCUT2D eigenvalue weighted by molar-refractivity contribution is -0.122. The van der Waals surface area contributed by atoms with Gasteiger partial charge in [-0.2, -0.15) is 0 Å². The molecule has 2 aliphatic heterocycles. The fourth-order valence-corrected chi connectivity index (χ4v) is 3.98. The number of carbonyl (C=O) groups excluding carboxylic acids is 2. The van der Waals surface area contributed by atoms with Gasteiger partial charge < -0.3 is 19.7 Å². The molecule has 1 aliphatic carbocycles. The van der Waals surface area contributed by atoms with Gasteiger partial charge >= 0.3 is 0 Å². The van der Waals surface area contributed by atoms with Gasteiger partial charge in [-0.3, -0.25) is 9.59 Å². The van der Waals surface area contributed by atoms with E-state index in [0.717, 1.165) is 13.0 Å². The van der Waals surface area contributed by atoms with E-state index < -0.39 is 5.82 Å². The summed E-state index contributed by atoms with van der Waals surface area (Å²) in [6.07, 6.45) is 3.70. The highest BCUT2D eigenvalue weighted by Gasteiger charge is 2.51. The Bertz CT molecular complexity index is 743. The van der Waals surface area contributed by atoms with E-state index in [0.29, 0.717) is 37.6 Å². The molecule has 6 nitrogen and oxygen atoms in total. The summed E-state index contributed by atoms with van der Waals surface area (Å²) in [7, 11) is 1.39. The van der Waals surface area contributed by atoms with Gasteiger partial charge in [0.25, 0.3) is 5.91 Å². The third-order valence-electron chi connectivity index (χ3n) is 5.69. The van der Waals surface area contributed by atoms with Crippen molar-refractivity contribution in [1.82, 2.24) is 10.2 Å². The molecule has 27 heavy (non-hydrogen) atoms. The van der Waals surface area contributed by atoms with Crippen LogP contribution in [0.2, 0.25) is 0 Å². The van der Waals surface area contributed by atoms with Crippen molar-refractivity contribution in [2.45, 2.75) is 31.3 Å². The predicted molar refractivity (Wildman–Crippen MR) is 96.0 cm³/mol. The van der Waals surface area contributed by atoms with Crippen molar-refractivity contribution in [3.63, 3.8) is 0 Å². The Labute approximate surface area is 158 Å². The zero-order valence-corrected chi connectivity index (χ0v) is 15.5. The van der Waals surface area contributed by atoms with Crippen molar-refractivity contribution in [1.29, 1.82) is 0 Å². The maximum Gasteiger partial charge on any atom is 0.254 e. The molecule has 1 N–H and O–H groups in total. The van der Waals surface area contributed by atoms with Crippen LogP contribution in [0, 0.1) is 17.7 Å². The molecule has 0 aromatic heterocycles. The van der Waals surface area contributed by atoms with Crippen LogP contribution in [0.1, 0.15) is 36.0 Å². The molecule has 1 atom stereocenters. The molecule has 3 fully saturated rings. The number of nitrogens with zero attached hydrogens (tertiary/aromatic N) is 1. The quantitative estimate of drug-likeness (QED) is 0.824. The van der Waals surface area contributed by atoms with E-state index in [9.17, 15) is 14.0 Å². The van der Waals surface area contributed by atoms with Gasteiger partial charge in [0, 0.05) is 18.5 Å². The second kappa shape index (κ2) is 7.11. The highest BCUT2D eigenvalue weighted by atomic mass is 19.1. The Morgan fingerprint density at radius 3 is 2.78 bits per heavy atom. The van der Waals surface area contributed by atoms with Gasteiger partial charge in [-0.05, 0) is 49.3 Å². The van der Waals surface area contributed by atoms with Crippen molar-refractivity contribution in [2.24, 2.45) is 11.8 Å². The van der Waals surface area contributed by atoms with Crippen LogP contribution in [0.5, 0.6) is 5.75 Å². The molecule has 1 aromatic carbocycles. The van der Waals surface area contributed by atoms with Crippen molar-refractivity contribution in [3.05, 3.63) is 29.6 Å². The molecule has 2 saturated heterocycles. The Morgan fingerprint density at radius 1 is 1.33 bits per heavy atom. The van der Waals surface area contributed by atoms with Crippen LogP contribution in [0.25, 0.3) is 0 Å². The zero-order valence-electron chi connectivity index (χ0n) is 15.5. The minimum absolute atomic E-state index is 0.0912. The standard InChI is InChI=1S/C20H25FN2O4/c1-26-17-5-4-15(7-16(17)21)19(25)23-11-20(12-23)8-14(10-27-20)6-18(24)22-9-13-2-3-13/h4-5,7,13-14H,2-3,6,8-12H2,1H3,(H,22,24). The summed E-state index contributed by atoms with van der Waals surface area (Å²) < 4.78 is 24.6. The van der Waals surface area contributed by atoms with E-state index in [-0.39, 0.29) is 29.1 Å². The monoisotopic (exact) mass is 376 g/mol. The lowest BCUT2D eigenvalue weighted by Crippen LogP contribution is -2.63. The van der Waals surface area contributed by atoms with E-state index >= 15 is 0 Å². The molecule has 1 aromatic rings. The summed E-state index contributed by atoms with van der Waals surface area (Å²) in [4.78, 5) is 26.2. The first-order chi connectivity index (χ1) is 13.0. The topological polar surface area (TPSA) is 67.9 Å². The summed E-state index contributed by atoms with van der Waals surface area (Å²) in [5.41, 5.74) is -0.0422. The van der Waals surface area contributed by atoms with Gasteiger partial charge in [0.2, 0.25) is 5.91 Å². The fourth-order valence-electron chi connectivity index (χ4n) is 3.98. The van der Waals surface area contributed by atoms with Gasteiger partial charge in [0.05, 0.1) is 26.8 Å². The number of carbonyl (C=O) groups is 2. The molecular formula is C20H25FN2O4. The normalized spacial score (nSPS) is 23.2. The van der Waals surface area contributed by atoms with E-state index in [4.69, 9.17) is 9.47 Å². The van der Waals surface area contributed by atoms with E-state index in [1.807, 2.05) is 0 Å². The summed E-state index contributed by atoms with van der Waals surface area (Å²) >= 11 is 0. The molecule has 2 heterocycles. The van der Waals surface area contributed by atoms with Crippen LogP contribution in [0.3, 0.4) is 0 Å². The molecule has 1 unspecified atom stereocenters. The molecule has 146 valence electrons. The highest BCUT2D eigenvalue weighted by molar-refractivity contribution is 5.95. The second-order valence-electron chi connectivity index (χ2n) is 8.03. The van der Waals surface area contributed by atoms with Gasteiger partial charge in [0.1, 0.15) is 5.60 Å². The van der Waals surface area contributed by atoms with Gasteiger partial charge in [0.15, 0.2) is 11.6 Å². The fraction of sp³-hybridized carbons (Fsp3) is 0.600.